The molecule has 0 saturated carbocycles. The molecule has 0 fully saturated rings. The standard InChI is InChI=1S/C27H49NO2/c1-2-3-4-5-6-7-8-9-10-11-12-13-14-15-16-17-18-19-20-23-27(28)24-25(29)21-22-26(27)30/h21-22H,2-20,23-24,28H2,1H3. The van der Waals surface area contributed by atoms with Crippen molar-refractivity contribution in [3.8, 4) is 0 Å². The Morgan fingerprint density at radius 2 is 1.00 bits per heavy atom. The lowest BCUT2D eigenvalue weighted by Crippen LogP contribution is -2.50. The quantitative estimate of drug-likeness (QED) is 0.207. The minimum Gasteiger partial charge on any atom is -0.318 e. The number of carbonyl (C=O) groups is 2. The minimum atomic E-state index is -0.930. The number of allylic oxidation sites excluding steroid dienone is 1. The van der Waals surface area contributed by atoms with E-state index in [4.69, 9.17) is 5.73 Å². The summed E-state index contributed by atoms with van der Waals surface area (Å²) in [5.74, 6) is -0.0978. The summed E-state index contributed by atoms with van der Waals surface area (Å²) < 4.78 is 0. The van der Waals surface area contributed by atoms with Crippen molar-refractivity contribution < 1.29 is 9.59 Å². The van der Waals surface area contributed by atoms with Crippen molar-refractivity contribution in [2.24, 2.45) is 5.73 Å². The Morgan fingerprint density at radius 3 is 1.40 bits per heavy atom. The lowest BCUT2D eigenvalue weighted by atomic mass is 9.80. The molecule has 1 aliphatic rings. The molecule has 0 aromatic carbocycles. The molecule has 3 nitrogen and oxygen atoms in total. The van der Waals surface area contributed by atoms with E-state index in [1.54, 1.807) is 0 Å². The van der Waals surface area contributed by atoms with E-state index < -0.39 is 5.54 Å². The van der Waals surface area contributed by atoms with Crippen LogP contribution in [0.4, 0.5) is 0 Å². The van der Waals surface area contributed by atoms with E-state index in [2.05, 4.69) is 6.92 Å². The molecule has 0 amide bonds. The molecule has 0 bridgehead atoms. The monoisotopic (exact) mass is 419 g/mol. The molecule has 0 aromatic rings. The molecule has 2 N–H and O–H groups in total. The van der Waals surface area contributed by atoms with Crippen molar-refractivity contribution in [2.75, 3.05) is 0 Å². The first-order chi connectivity index (χ1) is 14.6. The van der Waals surface area contributed by atoms with Gasteiger partial charge in [0.1, 0.15) is 0 Å². The smallest absolute Gasteiger partial charge is 0.176 e. The maximum atomic E-state index is 11.9. The summed E-state index contributed by atoms with van der Waals surface area (Å²) in [6.07, 6.45) is 29.3. The molecule has 1 unspecified atom stereocenters. The van der Waals surface area contributed by atoms with Crippen LogP contribution < -0.4 is 5.73 Å². The molecule has 30 heavy (non-hydrogen) atoms. The van der Waals surface area contributed by atoms with Gasteiger partial charge >= 0.3 is 0 Å². The molecule has 0 aliphatic heterocycles. The Kier molecular flexibility index (Phi) is 16.0. The number of rotatable bonds is 20. The third-order valence-corrected chi connectivity index (χ3v) is 6.63. The largest absolute Gasteiger partial charge is 0.318 e. The first kappa shape index (κ1) is 27.1. The van der Waals surface area contributed by atoms with Crippen molar-refractivity contribution >= 4 is 11.6 Å². The highest BCUT2D eigenvalue weighted by molar-refractivity contribution is 6.10. The highest BCUT2D eigenvalue weighted by Gasteiger charge is 2.35. The van der Waals surface area contributed by atoms with Crippen LogP contribution in [0.2, 0.25) is 0 Å². The van der Waals surface area contributed by atoms with Crippen molar-refractivity contribution in [3.05, 3.63) is 12.2 Å². The summed E-state index contributed by atoms with van der Waals surface area (Å²) in [5.41, 5.74) is 5.22. The SMILES string of the molecule is CCCCCCCCCCCCCCCCCCCCCC1(N)CC(=O)C=CC1=O. The Labute approximate surface area is 186 Å². The first-order valence-electron chi connectivity index (χ1n) is 13.1. The van der Waals surface area contributed by atoms with Gasteiger partial charge in [0.15, 0.2) is 11.6 Å². The van der Waals surface area contributed by atoms with Gasteiger partial charge in [-0.25, -0.2) is 0 Å². The predicted octanol–water partition coefficient (Wildman–Crippen LogP) is 7.60. The summed E-state index contributed by atoms with van der Waals surface area (Å²) in [5, 5.41) is 0. The van der Waals surface area contributed by atoms with Crippen LogP contribution in [0.15, 0.2) is 12.2 Å². The maximum absolute atomic E-state index is 11.9. The van der Waals surface area contributed by atoms with Crippen molar-refractivity contribution in [1.29, 1.82) is 0 Å². The average Bonchev–Trinajstić information content (AvgIpc) is 2.72. The van der Waals surface area contributed by atoms with E-state index in [1.165, 1.54) is 121 Å². The van der Waals surface area contributed by atoms with Gasteiger partial charge < -0.3 is 5.73 Å². The molecule has 0 radical (unpaired) electrons. The summed E-state index contributed by atoms with van der Waals surface area (Å²) in [6, 6.07) is 0. The fourth-order valence-electron chi connectivity index (χ4n) is 4.52. The Balaban J connectivity index is 1.78. The number of ketones is 2. The molecule has 0 heterocycles. The van der Waals surface area contributed by atoms with Crippen LogP contribution in [-0.4, -0.2) is 17.1 Å². The zero-order valence-corrected chi connectivity index (χ0v) is 19.9. The van der Waals surface area contributed by atoms with E-state index >= 15 is 0 Å². The van der Waals surface area contributed by atoms with Gasteiger partial charge in [-0.3, -0.25) is 9.59 Å². The van der Waals surface area contributed by atoms with Gasteiger partial charge in [-0.05, 0) is 18.6 Å². The molecule has 3 heteroatoms. The highest BCUT2D eigenvalue weighted by Crippen LogP contribution is 2.23. The van der Waals surface area contributed by atoms with Crippen LogP contribution in [0.3, 0.4) is 0 Å². The van der Waals surface area contributed by atoms with Crippen molar-refractivity contribution in [1.82, 2.24) is 0 Å². The van der Waals surface area contributed by atoms with Crippen LogP contribution in [0, 0.1) is 0 Å². The van der Waals surface area contributed by atoms with Gasteiger partial charge in [0.25, 0.3) is 0 Å². The van der Waals surface area contributed by atoms with Crippen LogP contribution >= 0.6 is 0 Å². The number of hydrogen-bond acceptors (Lipinski definition) is 3. The fraction of sp³-hybridized carbons (Fsp3) is 0.852. The van der Waals surface area contributed by atoms with Gasteiger partial charge in [-0.15, -0.1) is 0 Å². The van der Waals surface area contributed by atoms with Gasteiger partial charge in [0.05, 0.1) is 5.54 Å². The number of unbranched alkanes of at least 4 members (excludes halogenated alkanes) is 18. The third kappa shape index (κ3) is 13.4. The molecule has 1 aliphatic carbocycles. The summed E-state index contributed by atoms with van der Waals surface area (Å²) in [6.45, 7) is 2.28. The maximum Gasteiger partial charge on any atom is 0.176 e. The second kappa shape index (κ2) is 17.7. The number of nitrogens with two attached hydrogens (primary N) is 1. The second-order valence-electron chi connectivity index (χ2n) is 9.61. The third-order valence-electron chi connectivity index (χ3n) is 6.63. The van der Waals surface area contributed by atoms with E-state index in [0.717, 1.165) is 12.8 Å². The van der Waals surface area contributed by atoms with Crippen LogP contribution in [0.5, 0.6) is 0 Å². The zero-order chi connectivity index (χ0) is 21.9. The normalized spacial score (nSPS) is 19.0. The molecule has 1 atom stereocenters. The summed E-state index contributed by atoms with van der Waals surface area (Å²) in [7, 11) is 0. The first-order valence-corrected chi connectivity index (χ1v) is 13.1. The van der Waals surface area contributed by atoms with Gasteiger partial charge in [-0.1, -0.05) is 129 Å². The van der Waals surface area contributed by atoms with Crippen LogP contribution in [-0.2, 0) is 9.59 Å². The Hall–Kier alpha value is -0.960. The lowest BCUT2D eigenvalue weighted by Gasteiger charge is -2.27. The van der Waals surface area contributed by atoms with Crippen molar-refractivity contribution in [3.63, 3.8) is 0 Å². The van der Waals surface area contributed by atoms with Crippen LogP contribution in [0.25, 0.3) is 0 Å². The summed E-state index contributed by atoms with van der Waals surface area (Å²) in [4.78, 5) is 23.4. The zero-order valence-electron chi connectivity index (χ0n) is 19.9. The Bertz CT molecular complexity index is 485. The predicted molar refractivity (Wildman–Crippen MR) is 129 cm³/mol. The molecule has 174 valence electrons. The molecular formula is C27H49NO2. The van der Waals surface area contributed by atoms with Gasteiger partial charge in [0.2, 0.25) is 0 Å². The topological polar surface area (TPSA) is 60.2 Å². The van der Waals surface area contributed by atoms with E-state index in [-0.39, 0.29) is 18.0 Å². The van der Waals surface area contributed by atoms with E-state index in [0.29, 0.717) is 6.42 Å². The lowest BCUT2D eigenvalue weighted by molar-refractivity contribution is -0.126. The molecule has 0 aromatic heterocycles. The highest BCUT2D eigenvalue weighted by atomic mass is 16.1. The van der Waals surface area contributed by atoms with Gasteiger partial charge in [-0.2, -0.15) is 0 Å². The fourth-order valence-corrected chi connectivity index (χ4v) is 4.52. The second-order valence-corrected chi connectivity index (χ2v) is 9.61. The van der Waals surface area contributed by atoms with Crippen molar-refractivity contribution in [2.45, 2.75) is 147 Å². The van der Waals surface area contributed by atoms with Gasteiger partial charge in [0, 0.05) is 6.42 Å². The Morgan fingerprint density at radius 1 is 0.633 bits per heavy atom. The van der Waals surface area contributed by atoms with E-state index in [1.807, 2.05) is 0 Å². The molecule has 0 spiro atoms. The summed E-state index contributed by atoms with van der Waals surface area (Å²) >= 11 is 0. The van der Waals surface area contributed by atoms with Crippen LogP contribution in [0.1, 0.15) is 142 Å². The molecule has 0 saturated heterocycles. The average molecular weight is 420 g/mol. The number of carbonyl (C=O) groups excluding carboxylic acids is 2. The number of hydrogen-bond donors (Lipinski definition) is 1. The molecule has 1 rings (SSSR count). The minimum absolute atomic E-state index is 0.0186. The van der Waals surface area contributed by atoms with E-state index in [9.17, 15) is 9.59 Å². The molecular weight excluding hydrogens is 370 g/mol.